The molecule has 0 radical (unpaired) electrons. The maximum absolute atomic E-state index is 13.7. The highest BCUT2D eigenvalue weighted by molar-refractivity contribution is 6.07. The van der Waals surface area contributed by atoms with Crippen LogP contribution in [-0.4, -0.2) is 28.8 Å². The third-order valence-corrected chi connectivity index (χ3v) is 5.18. The first-order valence-corrected chi connectivity index (χ1v) is 9.45. The summed E-state index contributed by atoms with van der Waals surface area (Å²) in [4.78, 5) is 27.5. The summed E-state index contributed by atoms with van der Waals surface area (Å²) in [5.41, 5.74) is 1.05. The van der Waals surface area contributed by atoms with Crippen molar-refractivity contribution in [2.24, 2.45) is 0 Å². The Balaban J connectivity index is 1.84. The van der Waals surface area contributed by atoms with Gasteiger partial charge in [-0.2, -0.15) is 9.78 Å². The van der Waals surface area contributed by atoms with Crippen LogP contribution in [0.3, 0.4) is 0 Å². The van der Waals surface area contributed by atoms with Crippen LogP contribution in [0.5, 0.6) is 5.75 Å². The zero-order valence-electron chi connectivity index (χ0n) is 16.4. The standard InChI is InChI=1S/C22H19F2N3O3/c1-13-3-4-14-11-16(24)7-10-18(14)26(13)22(29)21-19(30-2)12-20(28)27(25-21)17-8-5-15(23)6-9-17/h5-13H,3-4H2,1-2H3/t13-/m0/s1. The highest BCUT2D eigenvalue weighted by atomic mass is 19.1. The molecule has 0 aliphatic carbocycles. The highest BCUT2D eigenvalue weighted by Crippen LogP contribution is 2.33. The number of aromatic nitrogens is 2. The maximum atomic E-state index is 13.7. The fourth-order valence-electron chi connectivity index (χ4n) is 3.66. The van der Waals surface area contributed by atoms with Crippen molar-refractivity contribution >= 4 is 11.6 Å². The van der Waals surface area contributed by atoms with Gasteiger partial charge in [0, 0.05) is 11.7 Å². The Morgan fingerprint density at radius 2 is 1.80 bits per heavy atom. The topological polar surface area (TPSA) is 64.4 Å². The van der Waals surface area contributed by atoms with Gasteiger partial charge < -0.3 is 9.64 Å². The number of carbonyl (C=O) groups excluding carboxylic acids is 1. The van der Waals surface area contributed by atoms with Gasteiger partial charge in [0.1, 0.15) is 11.6 Å². The van der Waals surface area contributed by atoms with E-state index in [4.69, 9.17) is 4.74 Å². The number of amides is 1. The lowest BCUT2D eigenvalue weighted by atomic mass is 9.96. The van der Waals surface area contributed by atoms with Gasteiger partial charge in [-0.1, -0.05) is 0 Å². The summed E-state index contributed by atoms with van der Waals surface area (Å²) in [6, 6.07) is 10.5. The number of nitrogens with zero attached hydrogens (tertiary/aromatic N) is 3. The second-order valence-electron chi connectivity index (χ2n) is 7.12. The number of methoxy groups -OCH3 is 1. The van der Waals surface area contributed by atoms with E-state index in [0.29, 0.717) is 24.2 Å². The molecule has 8 heteroatoms. The molecule has 6 nitrogen and oxygen atoms in total. The van der Waals surface area contributed by atoms with Crippen LogP contribution in [0.25, 0.3) is 5.69 Å². The molecule has 0 unspecified atom stereocenters. The number of aryl methyl sites for hydroxylation is 1. The summed E-state index contributed by atoms with van der Waals surface area (Å²) < 4.78 is 33.2. The van der Waals surface area contributed by atoms with Crippen molar-refractivity contribution in [3.05, 3.63) is 81.8 Å². The van der Waals surface area contributed by atoms with Gasteiger partial charge in [0.25, 0.3) is 11.5 Å². The van der Waals surface area contributed by atoms with E-state index < -0.39 is 17.3 Å². The maximum Gasteiger partial charge on any atom is 0.282 e. The van der Waals surface area contributed by atoms with Gasteiger partial charge in [-0.25, -0.2) is 8.78 Å². The number of hydrogen-bond acceptors (Lipinski definition) is 4. The van der Waals surface area contributed by atoms with Crippen LogP contribution >= 0.6 is 0 Å². The number of halogens is 2. The highest BCUT2D eigenvalue weighted by Gasteiger charge is 2.32. The number of carbonyl (C=O) groups is 1. The molecule has 1 aliphatic rings. The molecule has 1 aliphatic heterocycles. The van der Waals surface area contributed by atoms with E-state index >= 15 is 0 Å². The molecule has 1 atom stereocenters. The Morgan fingerprint density at radius 1 is 1.10 bits per heavy atom. The molecule has 0 saturated heterocycles. The average molecular weight is 411 g/mol. The van der Waals surface area contributed by atoms with E-state index in [1.54, 1.807) is 11.0 Å². The summed E-state index contributed by atoms with van der Waals surface area (Å²) in [5.74, 6) is -1.26. The van der Waals surface area contributed by atoms with Crippen molar-refractivity contribution in [1.82, 2.24) is 9.78 Å². The van der Waals surface area contributed by atoms with E-state index in [-0.39, 0.29) is 23.3 Å². The zero-order valence-corrected chi connectivity index (χ0v) is 16.4. The van der Waals surface area contributed by atoms with E-state index in [0.717, 1.165) is 10.2 Å². The Bertz CT molecular complexity index is 1180. The van der Waals surface area contributed by atoms with Crippen molar-refractivity contribution in [2.75, 3.05) is 12.0 Å². The molecule has 1 amide bonds. The van der Waals surface area contributed by atoms with Gasteiger partial charge in [0.2, 0.25) is 0 Å². The number of ether oxygens (including phenoxy) is 1. The first-order valence-electron chi connectivity index (χ1n) is 9.45. The van der Waals surface area contributed by atoms with Crippen LogP contribution in [0.1, 0.15) is 29.4 Å². The predicted molar refractivity (Wildman–Crippen MR) is 107 cm³/mol. The number of benzene rings is 2. The first-order chi connectivity index (χ1) is 14.4. The molecular formula is C22H19F2N3O3. The Hall–Kier alpha value is -3.55. The lowest BCUT2D eigenvalue weighted by molar-refractivity contribution is 0.0965. The lowest BCUT2D eigenvalue weighted by Crippen LogP contribution is -2.43. The Morgan fingerprint density at radius 3 is 2.50 bits per heavy atom. The SMILES string of the molecule is COc1cc(=O)n(-c2ccc(F)cc2)nc1C(=O)N1c2ccc(F)cc2CC[C@@H]1C. The van der Waals surface area contributed by atoms with Crippen molar-refractivity contribution in [3.63, 3.8) is 0 Å². The quantitative estimate of drug-likeness (QED) is 0.662. The number of hydrogen-bond donors (Lipinski definition) is 0. The van der Waals surface area contributed by atoms with Gasteiger partial charge in [0.15, 0.2) is 11.4 Å². The van der Waals surface area contributed by atoms with Crippen LogP contribution in [0.4, 0.5) is 14.5 Å². The lowest BCUT2D eigenvalue weighted by Gasteiger charge is -2.35. The summed E-state index contributed by atoms with van der Waals surface area (Å²) in [5, 5.41) is 4.23. The minimum absolute atomic E-state index is 0.0322. The monoisotopic (exact) mass is 411 g/mol. The molecule has 3 aromatic rings. The van der Waals surface area contributed by atoms with Gasteiger partial charge in [-0.05, 0) is 67.8 Å². The predicted octanol–water partition coefficient (Wildman–Crippen LogP) is 3.50. The van der Waals surface area contributed by atoms with E-state index in [1.807, 2.05) is 6.92 Å². The van der Waals surface area contributed by atoms with Gasteiger partial charge in [0.05, 0.1) is 18.9 Å². The van der Waals surface area contributed by atoms with Gasteiger partial charge in [-0.3, -0.25) is 9.59 Å². The fraction of sp³-hybridized carbons (Fsp3) is 0.227. The third-order valence-electron chi connectivity index (χ3n) is 5.18. The van der Waals surface area contributed by atoms with Gasteiger partial charge >= 0.3 is 0 Å². The number of fused-ring (bicyclic) bond motifs is 1. The fourth-order valence-corrected chi connectivity index (χ4v) is 3.66. The summed E-state index contributed by atoms with van der Waals surface area (Å²) >= 11 is 0. The zero-order chi connectivity index (χ0) is 21.4. The Labute approximate surface area is 171 Å². The number of rotatable bonds is 3. The second kappa shape index (κ2) is 7.70. The van der Waals surface area contributed by atoms with Gasteiger partial charge in [-0.15, -0.1) is 0 Å². The van der Waals surface area contributed by atoms with Crippen LogP contribution in [0.2, 0.25) is 0 Å². The van der Waals surface area contributed by atoms with Crippen LogP contribution in [0.15, 0.2) is 53.3 Å². The van der Waals surface area contributed by atoms with Crippen molar-refractivity contribution in [3.8, 4) is 11.4 Å². The molecule has 0 bridgehead atoms. The van der Waals surface area contributed by atoms with Crippen LogP contribution in [-0.2, 0) is 6.42 Å². The normalized spacial score (nSPS) is 15.6. The van der Waals surface area contributed by atoms with E-state index in [2.05, 4.69) is 5.10 Å². The van der Waals surface area contributed by atoms with Crippen LogP contribution < -0.4 is 15.2 Å². The van der Waals surface area contributed by atoms with Crippen molar-refractivity contribution in [1.29, 1.82) is 0 Å². The van der Waals surface area contributed by atoms with Crippen molar-refractivity contribution < 1.29 is 18.3 Å². The largest absolute Gasteiger partial charge is 0.494 e. The molecule has 0 N–H and O–H groups in total. The molecule has 0 spiro atoms. The van der Waals surface area contributed by atoms with E-state index in [9.17, 15) is 18.4 Å². The average Bonchev–Trinajstić information content (AvgIpc) is 2.74. The summed E-state index contributed by atoms with van der Waals surface area (Å²) in [6.45, 7) is 1.90. The molecule has 4 rings (SSSR count). The molecular weight excluding hydrogens is 392 g/mol. The molecule has 30 heavy (non-hydrogen) atoms. The molecule has 1 aromatic heterocycles. The molecule has 154 valence electrons. The molecule has 0 fully saturated rings. The smallest absolute Gasteiger partial charge is 0.282 e. The van der Waals surface area contributed by atoms with E-state index in [1.165, 1.54) is 49.6 Å². The van der Waals surface area contributed by atoms with Crippen LogP contribution in [0, 0.1) is 11.6 Å². The molecule has 0 saturated carbocycles. The first kappa shape index (κ1) is 19.8. The second-order valence-corrected chi connectivity index (χ2v) is 7.12. The molecule has 2 aromatic carbocycles. The minimum atomic E-state index is -0.524. The van der Waals surface area contributed by atoms with Crippen molar-refractivity contribution in [2.45, 2.75) is 25.8 Å². The number of anilines is 1. The summed E-state index contributed by atoms with van der Waals surface area (Å²) in [7, 11) is 1.35. The molecule has 2 heterocycles. The Kier molecular flexibility index (Phi) is 5.07. The third kappa shape index (κ3) is 3.45. The minimum Gasteiger partial charge on any atom is -0.494 e. The summed E-state index contributed by atoms with van der Waals surface area (Å²) in [6.07, 6.45) is 1.31.